The number of rotatable bonds is 4. The normalized spacial score (nSPS) is 12.4. The molecule has 1 aromatic rings. The summed E-state index contributed by atoms with van der Waals surface area (Å²) >= 11 is 0. The topological polar surface area (TPSA) is 63.7 Å². The van der Waals surface area contributed by atoms with Crippen molar-refractivity contribution in [3.8, 4) is 0 Å². The van der Waals surface area contributed by atoms with Crippen LogP contribution in [0.1, 0.15) is 17.9 Å². The molecule has 0 N–H and O–H groups in total. The molecule has 5 nitrogen and oxygen atoms in total. The van der Waals surface area contributed by atoms with Crippen molar-refractivity contribution in [2.45, 2.75) is 18.5 Å². The number of benzene rings is 1. The lowest BCUT2D eigenvalue weighted by atomic mass is 9.95. The van der Waals surface area contributed by atoms with Gasteiger partial charge in [0.25, 0.3) is 0 Å². The first-order valence-corrected chi connectivity index (χ1v) is 6.21. The summed E-state index contributed by atoms with van der Waals surface area (Å²) in [7, 11) is 2.88. The van der Waals surface area contributed by atoms with E-state index in [4.69, 9.17) is 0 Å². The molecule has 0 aliphatic heterocycles. The van der Waals surface area contributed by atoms with Crippen LogP contribution in [0.25, 0.3) is 0 Å². The number of nitrogens with zero attached hydrogens (tertiary/aromatic N) is 1. The van der Waals surface area contributed by atoms with Crippen LogP contribution >= 0.6 is 0 Å². The van der Waals surface area contributed by atoms with Crippen molar-refractivity contribution in [2.24, 2.45) is 0 Å². The highest BCUT2D eigenvalue weighted by Gasteiger charge is 2.43. The van der Waals surface area contributed by atoms with E-state index in [0.29, 0.717) is 0 Å². The number of esters is 2. The largest absolute Gasteiger partial charge is 0.491 e. The summed E-state index contributed by atoms with van der Waals surface area (Å²) in [6.45, 7) is 0. The molecule has 1 amide bonds. The zero-order valence-corrected chi connectivity index (χ0v) is 11.9. The minimum Gasteiger partial charge on any atom is -0.386 e. The monoisotopic (exact) mass is 317 g/mol. The minimum atomic E-state index is -5.28. The number of carbonyl (C=O) groups is 3. The summed E-state index contributed by atoms with van der Waals surface area (Å²) in [5, 5.41) is 0. The van der Waals surface area contributed by atoms with Gasteiger partial charge in [0.05, 0.1) is 5.92 Å². The van der Waals surface area contributed by atoms with Crippen LogP contribution in [0, 0.1) is 0 Å². The molecule has 0 saturated heterocycles. The van der Waals surface area contributed by atoms with E-state index in [1.807, 2.05) is 0 Å². The van der Waals surface area contributed by atoms with E-state index < -0.39 is 36.4 Å². The molecule has 0 aliphatic carbocycles. The molecule has 0 aliphatic rings. The molecule has 0 bridgehead atoms. The van der Waals surface area contributed by atoms with Crippen LogP contribution in [-0.4, -0.2) is 43.0 Å². The maximum absolute atomic E-state index is 12.2. The lowest BCUT2D eigenvalue weighted by Crippen LogP contribution is -2.32. The Kier molecular flexibility index (Phi) is 5.67. The summed E-state index contributed by atoms with van der Waals surface area (Å²) in [6.07, 6.45) is -5.68. The summed E-state index contributed by atoms with van der Waals surface area (Å²) in [5.74, 6) is -5.79. The molecule has 1 atom stereocenters. The molecule has 8 heteroatoms. The van der Waals surface area contributed by atoms with Gasteiger partial charge in [-0.3, -0.25) is 9.59 Å². The van der Waals surface area contributed by atoms with E-state index in [1.54, 1.807) is 18.2 Å². The predicted octanol–water partition coefficient (Wildman–Crippen LogP) is 1.88. The van der Waals surface area contributed by atoms with Gasteiger partial charge in [0.1, 0.15) is 0 Å². The SMILES string of the molecule is CN(C)C(=O)CC(C(=O)OC(=O)C(F)(F)F)c1ccccc1. The van der Waals surface area contributed by atoms with E-state index in [9.17, 15) is 27.6 Å². The van der Waals surface area contributed by atoms with Crippen molar-refractivity contribution >= 4 is 17.8 Å². The molecule has 1 aromatic carbocycles. The number of carbonyl (C=O) groups excluding carboxylic acids is 3. The van der Waals surface area contributed by atoms with Crippen LogP contribution in [-0.2, 0) is 19.1 Å². The zero-order valence-electron chi connectivity index (χ0n) is 11.9. The van der Waals surface area contributed by atoms with Crippen molar-refractivity contribution in [3.63, 3.8) is 0 Å². The Morgan fingerprint density at radius 2 is 1.68 bits per heavy atom. The number of hydrogen-bond acceptors (Lipinski definition) is 4. The fourth-order valence-corrected chi connectivity index (χ4v) is 1.60. The number of hydrogen-bond donors (Lipinski definition) is 0. The molecule has 1 unspecified atom stereocenters. The van der Waals surface area contributed by atoms with E-state index in [-0.39, 0.29) is 5.56 Å². The highest BCUT2D eigenvalue weighted by atomic mass is 19.4. The summed E-state index contributed by atoms with van der Waals surface area (Å²) in [6, 6.07) is 7.68. The number of ether oxygens (including phenoxy) is 1. The second kappa shape index (κ2) is 7.06. The lowest BCUT2D eigenvalue weighted by molar-refractivity contribution is -0.202. The molecule has 0 heterocycles. The van der Waals surface area contributed by atoms with Crippen LogP contribution < -0.4 is 0 Å². The van der Waals surface area contributed by atoms with Gasteiger partial charge in [0.15, 0.2) is 0 Å². The second-order valence-electron chi connectivity index (χ2n) is 4.66. The number of halogens is 3. The van der Waals surface area contributed by atoms with Crippen LogP contribution in [0.3, 0.4) is 0 Å². The highest BCUT2D eigenvalue weighted by molar-refractivity contribution is 5.94. The van der Waals surface area contributed by atoms with E-state index >= 15 is 0 Å². The molecule has 0 saturated carbocycles. The zero-order chi connectivity index (χ0) is 16.9. The van der Waals surface area contributed by atoms with E-state index in [1.165, 1.54) is 31.1 Å². The molecule has 0 aromatic heterocycles. The highest BCUT2D eigenvalue weighted by Crippen LogP contribution is 2.24. The third kappa shape index (κ3) is 4.87. The Balaban J connectivity index is 2.98. The summed E-state index contributed by atoms with van der Waals surface area (Å²) in [5.41, 5.74) is 0.290. The molecule has 120 valence electrons. The first kappa shape index (κ1) is 17.7. The van der Waals surface area contributed by atoms with Crippen molar-refractivity contribution in [1.29, 1.82) is 0 Å². The molecule has 22 heavy (non-hydrogen) atoms. The number of alkyl halides is 3. The molecular formula is C14H14F3NO4. The minimum absolute atomic E-state index is 0.290. The maximum atomic E-state index is 12.2. The van der Waals surface area contributed by atoms with Gasteiger partial charge in [-0.2, -0.15) is 13.2 Å². The Morgan fingerprint density at radius 1 is 1.14 bits per heavy atom. The van der Waals surface area contributed by atoms with Gasteiger partial charge in [-0.1, -0.05) is 30.3 Å². The van der Waals surface area contributed by atoms with E-state index in [2.05, 4.69) is 4.74 Å². The molecule has 1 rings (SSSR count). The van der Waals surface area contributed by atoms with Crippen molar-refractivity contribution in [3.05, 3.63) is 35.9 Å². The van der Waals surface area contributed by atoms with Crippen molar-refractivity contribution in [1.82, 2.24) is 4.90 Å². The Bertz CT molecular complexity index is 555. The van der Waals surface area contributed by atoms with Crippen LogP contribution in [0.2, 0.25) is 0 Å². The smallest absolute Gasteiger partial charge is 0.386 e. The molecule has 0 radical (unpaired) electrons. The van der Waals surface area contributed by atoms with Gasteiger partial charge in [-0.25, -0.2) is 4.79 Å². The Hall–Kier alpha value is -2.38. The summed E-state index contributed by atoms with van der Waals surface area (Å²) < 4.78 is 40.3. The third-order valence-electron chi connectivity index (χ3n) is 2.79. The molecule has 0 spiro atoms. The molecule has 0 fully saturated rings. The fourth-order valence-electron chi connectivity index (χ4n) is 1.60. The van der Waals surface area contributed by atoms with Gasteiger partial charge in [-0.05, 0) is 5.56 Å². The van der Waals surface area contributed by atoms with E-state index in [0.717, 1.165) is 0 Å². The Morgan fingerprint density at radius 3 is 2.14 bits per heavy atom. The van der Waals surface area contributed by atoms with Gasteiger partial charge >= 0.3 is 18.1 Å². The number of amides is 1. The Labute approximate surface area is 124 Å². The summed E-state index contributed by atoms with van der Waals surface area (Å²) in [4.78, 5) is 35.5. The first-order chi connectivity index (χ1) is 10.1. The molecular weight excluding hydrogens is 303 g/mol. The van der Waals surface area contributed by atoms with Gasteiger partial charge in [-0.15, -0.1) is 0 Å². The third-order valence-corrected chi connectivity index (χ3v) is 2.79. The van der Waals surface area contributed by atoms with Crippen LogP contribution in [0.15, 0.2) is 30.3 Å². The predicted molar refractivity (Wildman–Crippen MR) is 69.6 cm³/mol. The standard InChI is InChI=1S/C14H14F3NO4/c1-18(2)11(19)8-10(9-6-4-3-5-7-9)12(20)22-13(21)14(15,16)17/h3-7,10H,8H2,1-2H3. The van der Waals surface area contributed by atoms with Gasteiger partial charge < -0.3 is 9.64 Å². The van der Waals surface area contributed by atoms with Gasteiger partial charge in [0.2, 0.25) is 5.91 Å². The van der Waals surface area contributed by atoms with Crippen molar-refractivity contribution < 1.29 is 32.3 Å². The second-order valence-corrected chi connectivity index (χ2v) is 4.66. The quantitative estimate of drug-likeness (QED) is 0.628. The van der Waals surface area contributed by atoms with Crippen molar-refractivity contribution in [2.75, 3.05) is 14.1 Å². The van der Waals surface area contributed by atoms with Gasteiger partial charge in [0, 0.05) is 20.5 Å². The first-order valence-electron chi connectivity index (χ1n) is 6.21. The fraction of sp³-hybridized carbons (Fsp3) is 0.357. The maximum Gasteiger partial charge on any atom is 0.491 e. The lowest BCUT2D eigenvalue weighted by Gasteiger charge is -2.18. The average molecular weight is 317 g/mol. The van der Waals surface area contributed by atoms with Crippen LogP contribution in [0.4, 0.5) is 13.2 Å². The average Bonchev–Trinajstić information content (AvgIpc) is 2.43. The van der Waals surface area contributed by atoms with Crippen LogP contribution in [0.5, 0.6) is 0 Å².